The Labute approximate surface area is 183 Å². The van der Waals surface area contributed by atoms with Gasteiger partial charge >= 0.3 is 10.8 Å². The molecule has 2 amide bonds. The predicted molar refractivity (Wildman–Crippen MR) is 112 cm³/mol. The minimum atomic E-state index is -1.16. The first kappa shape index (κ1) is 18.8. The summed E-state index contributed by atoms with van der Waals surface area (Å²) in [5.41, 5.74) is 0. The number of aromatic nitrogens is 1. The highest BCUT2D eigenvalue weighted by Gasteiger charge is 2.70. The Kier molecular flexibility index (Phi) is 3.96. The van der Waals surface area contributed by atoms with Crippen LogP contribution in [0.5, 0.6) is 0 Å². The summed E-state index contributed by atoms with van der Waals surface area (Å²) >= 11 is 4.54. The van der Waals surface area contributed by atoms with E-state index < -0.39 is 23.8 Å². The number of carboxylic acid groups (broad SMARTS) is 1. The summed E-state index contributed by atoms with van der Waals surface area (Å²) in [6.45, 7) is 1.40. The molecule has 0 spiro atoms. The number of hydrogen-bond acceptors (Lipinski definition) is 7. The molecule has 2 bridgehead atoms. The van der Waals surface area contributed by atoms with Crippen molar-refractivity contribution in [1.82, 2.24) is 9.88 Å². The number of carbonyl (C=O) groups excluding carboxylic acids is 2. The average Bonchev–Trinajstić information content (AvgIpc) is 3.48. The van der Waals surface area contributed by atoms with Crippen molar-refractivity contribution < 1.29 is 19.5 Å². The highest BCUT2D eigenvalue weighted by molar-refractivity contribution is 8.00. The first-order valence-corrected chi connectivity index (χ1v) is 12.5. The van der Waals surface area contributed by atoms with Crippen molar-refractivity contribution in [3.63, 3.8) is 0 Å². The zero-order chi connectivity index (χ0) is 20.9. The molecule has 156 valence electrons. The van der Waals surface area contributed by atoms with Crippen LogP contribution in [0.15, 0.2) is 27.3 Å². The lowest BCUT2D eigenvalue weighted by Gasteiger charge is -2.42. The summed E-state index contributed by atoms with van der Waals surface area (Å²) in [5, 5.41) is 12.4. The molecular weight excluding hydrogens is 444 g/mol. The highest BCUT2D eigenvalue weighted by atomic mass is 32.2. The summed E-state index contributed by atoms with van der Waals surface area (Å²) in [6, 6.07) is 2.94. The second-order valence-corrected chi connectivity index (χ2v) is 11.7. The number of aliphatic carboxylic acids is 1. The van der Waals surface area contributed by atoms with Crippen LogP contribution < -0.4 is 4.87 Å². The van der Waals surface area contributed by atoms with Crippen LogP contribution in [0.2, 0.25) is 0 Å². The fraction of sp³-hybridized carbons (Fsp3) is 0.500. The van der Waals surface area contributed by atoms with Gasteiger partial charge in [0.05, 0.1) is 16.9 Å². The third-order valence-corrected chi connectivity index (χ3v) is 10.9. The first-order chi connectivity index (χ1) is 14.4. The number of aromatic amines is 1. The van der Waals surface area contributed by atoms with Gasteiger partial charge in [0.15, 0.2) is 0 Å². The van der Waals surface area contributed by atoms with Gasteiger partial charge in [-0.15, -0.1) is 23.1 Å². The van der Waals surface area contributed by atoms with Crippen molar-refractivity contribution in [3.8, 4) is 0 Å². The van der Waals surface area contributed by atoms with E-state index in [4.69, 9.17) is 0 Å². The molecule has 4 heterocycles. The first-order valence-electron chi connectivity index (χ1n) is 9.91. The average molecular weight is 463 g/mol. The van der Waals surface area contributed by atoms with Crippen molar-refractivity contribution >= 4 is 52.2 Å². The summed E-state index contributed by atoms with van der Waals surface area (Å²) in [5.74, 6) is -2.44. The van der Waals surface area contributed by atoms with Crippen LogP contribution in [0, 0.1) is 29.6 Å². The molecule has 7 unspecified atom stereocenters. The third kappa shape index (κ3) is 2.27. The molecule has 0 radical (unpaired) electrons. The van der Waals surface area contributed by atoms with E-state index in [0.29, 0.717) is 0 Å². The Morgan fingerprint density at radius 1 is 1.23 bits per heavy atom. The van der Waals surface area contributed by atoms with Gasteiger partial charge in [-0.25, -0.2) is 4.79 Å². The number of thioether (sulfide) groups is 1. The fourth-order valence-electron chi connectivity index (χ4n) is 6.32. The number of imide groups is 1. The smallest absolute Gasteiger partial charge is 0.326 e. The van der Waals surface area contributed by atoms with E-state index in [1.807, 2.05) is 11.4 Å². The maximum Gasteiger partial charge on any atom is 0.326 e. The molecule has 3 fully saturated rings. The Balaban J connectivity index is 1.45. The molecule has 6 rings (SSSR count). The molecule has 1 saturated heterocycles. The number of amides is 2. The Morgan fingerprint density at radius 2 is 1.97 bits per heavy atom. The molecule has 2 saturated carbocycles. The largest absolute Gasteiger partial charge is 0.480 e. The lowest BCUT2D eigenvalue weighted by Crippen LogP contribution is -2.44. The maximum absolute atomic E-state index is 13.2. The van der Waals surface area contributed by atoms with Gasteiger partial charge in [-0.1, -0.05) is 17.4 Å². The predicted octanol–water partition coefficient (Wildman–Crippen LogP) is 2.44. The van der Waals surface area contributed by atoms with E-state index in [2.05, 4.69) is 11.1 Å². The van der Waals surface area contributed by atoms with Gasteiger partial charge in [-0.05, 0) is 42.5 Å². The van der Waals surface area contributed by atoms with Crippen LogP contribution in [0.4, 0.5) is 0 Å². The molecular formula is C20H18N2O5S3. The highest BCUT2D eigenvalue weighted by Crippen LogP contribution is 2.68. The molecule has 0 aromatic carbocycles. The lowest BCUT2D eigenvalue weighted by atomic mass is 9.69. The number of likely N-dealkylation sites (tertiary alicyclic amines) is 1. The van der Waals surface area contributed by atoms with Crippen LogP contribution in [0.25, 0.3) is 0 Å². The number of fused-ring (bicyclic) bond motifs is 9. The van der Waals surface area contributed by atoms with Crippen LogP contribution in [0.3, 0.4) is 0 Å². The normalized spacial score (nSPS) is 37.2. The summed E-state index contributed by atoms with van der Waals surface area (Å²) < 4.78 is 0. The van der Waals surface area contributed by atoms with Gasteiger partial charge in [0, 0.05) is 20.9 Å². The van der Waals surface area contributed by atoms with Crippen LogP contribution in [0.1, 0.15) is 29.0 Å². The lowest BCUT2D eigenvalue weighted by molar-refractivity contribution is -0.154. The zero-order valence-electron chi connectivity index (χ0n) is 15.8. The van der Waals surface area contributed by atoms with E-state index in [1.165, 1.54) is 23.1 Å². The van der Waals surface area contributed by atoms with E-state index in [-0.39, 0.29) is 45.6 Å². The fourth-order valence-corrected chi connectivity index (χ4v) is 10.2. The summed E-state index contributed by atoms with van der Waals surface area (Å²) in [4.78, 5) is 56.1. The molecule has 30 heavy (non-hydrogen) atoms. The number of nitrogens with zero attached hydrogens (tertiary/aromatic N) is 1. The van der Waals surface area contributed by atoms with Gasteiger partial charge in [0.1, 0.15) is 6.04 Å². The molecule has 7 nitrogen and oxygen atoms in total. The Bertz CT molecular complexity index is 1140. The van der Waals surface area contributed by atoms with E-state index in [0.717, 1.165) is 21.2 Å². The molecule has 2 aromatic rings. The molecule has 2 N–H and O–H groups in total. The van der Waals surface area contributed by atoms with Crippen molar-refractivity contribution in [1.29, 1.82) is 0 Å². The number of rotatable bonds is 3. The minimum absolute atomic E-state index is 0.0245. The molecule has 2 aliphatic heterocycles. The molecule has 8 atom stereocenters. The van der Waals surface area contributed by atoms with Crippen molar-refractivity contribution in [2.24, 2.45) is 29.6 Å². The van der Waals surface area contributed by atoms with Gasteiger partial charge in [0.25, 0.3) is 0 Å². The molecule has 2 aliphatic carbocycles. The molecule has 4 aliphatic rings. The Morgan fingerprint density at radius 3 is 2.63 bits per heavy atom. The Hall–Kier alpha value is -1.91. The SMILES string of the molecule is CC(C(=O)O)N1C(=O)C2C3CC(C2C1=O)C1C3Sc2[nH]c(=O)sc2[C@@H]1c1cccs1. The second kappa shape index (κ2) is 6.30. The number of nitrogens with one attached hydrogen (secondary N) is 1. The van der Waals surface area contributed by atoms with Crippen molar-refractivity contribution in [2.75, 3.05) is 0 Å². The summed E-state index contributed by atoms with van der Waals surface area (Å²) in [6.07, 6.45) is 0.811. The number of thiazole rings is 1. The minimum Gasteiger partial charge on any atom is -0.480 e. The monoisotopic (exact) mass is 462 g/mol. The molecule has 2 aromatic heterocycles. The van der Waals surface area contributed by atoms with Gasteiger partial charge in [-0.3, -0.25) is 19.3 Å². The van der Waals surface area contributed by atoms with Crippen molar-refractivity contribution in [3.05, 3.63) is 36.9 Å². The number of carbonyl (C=O) groups is 3. The van der Waals surface area contributed by atoms with Crippen molar-refractivity contribution in [2.45, 2.75) is 35.6 Å². The van der Waals surface area contributed by atoms with Gasteiger partial charge < -0.3 is 10.1 Å². The maximum atomic E-state index is 13.2. The topological polar surface area (TPSA) is 108 Å². The zero-order valence-corrected chi connectivity index (χ0v) is 18.3. The third-order valence-electron chi connectivity index (χ3n) is 7.35. The summed E-state index contributed by atoms with van der Waals surface area (Å²) in [7, 11) is 0. The van der Waals surface area contributed by atoms with Crippen LogP contribution in [-0.4, -0.2) is 44.1 Å². The number of carboxylic acids is 1. The van der Waals surface area contributed by atoms with E-state index in [9.17, 15) is 24.3 Å². The van der Waals surface area contributed by atoms with Crippen LogP contribution in [-0.2, 0) is 14.4 Å². The molecule has 10 heteroatoms. The van der Waals surface area contributed by atoms with Gasteiger partial charge in [0.2, 0.25) is 11.8 Å². The van der Waals surface area contributed by atoms with Crippen LogP contribution >= 0.6 is 34.4 Å². The standard InChI is InChI=1S/C20H18N2O5S3/c1-6(19(25)26)22-17(23)11-7-5-8(12(11)18(22)24)14-10(7)13(9-3-2-4-28-9)15-16(29-14)21-20(27)30-15/h2-4,6-8,10-14H,5H2,1H3,(H,21,27)(H,25,26)/t6?,7?,8?,10?,11?,12?,13-,14?/m1/s1. The number of thiophene rings is 1. The van der Waals surface area contributed by atoms with Gasteiger partial charge in [-0.2, -0.15) is 0 Å². The quantitative estimate of drug-likeness (QED) is 0.679. The van der Waals surface area contributed by atoms with E-state index in [1.54, 1.807) is 23.1 Å². The number of hydrogen-bond donors (Lipinski definition) is 2. The van der Waals surface area contributed by atoms with E-state index >= 15 is 0 Å². The number of H-pyrrole nitrogens is 1. The second-order valence-electron chi connectivity index (χ2n) is 8.54.